The Balaban J connectivity index is 1.27. The van der Waals surface area contributed by atoms with Crippen LogP contribution in [0.5, 0.6) is 0 Å². The molecule has 0 aromatic rings. The minimum Gasteiger partial charge on any atom is -0.458 e. The number of hydrogen-bond acceptors (Lipinski definition) is 10. The third kappa shape index (κ3) is 4.96. The predicted molar refractivity (Wildman–Crippen MR) is 161 cm³/mol. The van der Waals surface area contributed by atoms with Gasteiger partial charge >= 0.3 is 5.97 Å². The summed E-state index contributed by atoms with van der Waals surface area (Å²) >= 11 is 5.01. The van der Waals surface area contributed by atoms with Crippen LogP contribution in [0, 0.1) is 28.6 Å². The molecule has 0 aromatic carbocycles. The number of fused-ring (bicyclic) bond motifs is 5. The number of esters is 1. The summed E-state index contributed by atoms with van der Waals surface area (Å²) in [6.45, 7) is 4.29. The number of hydrazone groups is 1. The number of nitrogens with two attached hydrogens (primary N) is 1. The number of rotatable bonds is 6. The van der Waals surface area contributed by atoms with E-state index in [9.17, 15) is 20.1 Å². The zero-order chi connectivity index (χ0) is 30.8. The van der Waals surface area contributed by atoms with Gasteiger partial charge in [-0.2, -0.15) is 5.10 Å². The van der Waals surface area contributed by atoms with Crippen molar-refractivity contribution in [3.8, 4) is 0 Å². The molecule has 0 aromatic heterocycles. The van der Waals surface area contributed by atoms with Crippen molar-refractivity contribution in [3.05, 3.63) is 11.6 Å². The molecule has 8 unspecified atom stereocenters. The van der Waals surface area contributed by atoms with E-state index in [4.69, 9.17) is 36.9 Å². The molecule has 0 amide bonds. The third-order valence-electron chi connectivity index (χ3n) is 12.4. The molecule has 6 rings (SSSR count). The summed E-state index contributed by atoms with van der Waals surface area (Å²) in [6, 6.07) is 0. The van der Waals surface area contributed by atoms with Crippen molar-refractivity contribution < 1.29 is 39.1 Å². The van der Waals surface area contributed by atoms with Gasteiger partial charge in [0.25, 0.3) is 0 Å². The van der Waals surface area contributed by atoms with Crippen molar-refractivity contribution in [2.45, 2.75) is 120 Å². The van der Waals surface area contributed by atoms with Gasteiger partial charge in [-0.15, -0.1) is 0 Å². The summed E-state index contributed by atoms with van der Waals surface area (Å²) in [5, 5.41) is 40.1. The van der Waals surface area contributed by atoms with Gasteiger partial charge < -0.3 is 40.0 Å². The van der Waals surface area contributed by atoms with Gasteiger partial charge in [-0.25, -0.2) is 4.79 Å². The number of aliphatic hydroxyl groups excluding tert-OH is 1. The quantitative estimate of drug-likeness (QED) is 0.0969. The van der Waals surface area contributed by atoms with E-state index in [-0.39, 0.29) is 41.0 Å². The number of nitrogens with one attached hydrogen (secondary N) is 1. The molecule has 12 atom stereocenters. The van der Waals surface area contributed by atoms with E-state index in [1.807, 2.05) is 13.1 Å². The highest BCUT2D eigenvalue weighted by atomic mass is 32.1. The molecule has 12 heteroatoms. The van der Waals surface area contributed by atoms with Gasteiger partial charge in [-0.3, -0.25) is 5.43 Å². The average Bonchev–Trinajstić information content (AvgIpc) is 3.50. The molecule has 1 saturated heterocycles. The van der Waals surface area contributed by atoms with Gasteiger partial charge in [-0.1, -0.05) is 6.92 Å². The Morgan fingerprint density at radius 1 is 1.19 bits per heavy atom. The Morgan fingerprint density at radius 3 is 2.65 bits per heavy atom. The highest BCUT2D eigenvalue weighted by molar-refractivity contribution is 7.80. The first-order valence-corrected chi connectivity index (χ1v) is 16.2. The zero-order valence-corrected chi connectivity index (χ0v) is 26.2. The van der Waals surface area contributed by atoms with Crippen LogP contribution in [0.2, 0.25) is 0 Å². The maximum absolute atomic E-state index is 12.6. The topological polar surface area (TPSA) is 165 Å². The van der Waals surface area contributed by atoms with Crippen LogP contribution >= 0.6 is 12.2 Å². The minimum atomic E-state index is -1.13. The number of aliphatic hydroxyl groups is 3. The molecule has 4 aliphatic carbocycles. The van der Waals surface area contributed by atoms with E-state index in [2.05, 4.69) is 17.5 Å². The number of cyclic esters (lactones) is 1. The number of thiocarbonyl (C=S) groups is 1. The van der Waals surface area contributed by atoms with Gasteiger partial charge in [0, 0.05) is 43.1 Å². The maximum Gasteiger partial charge on any atom is 0.331 e. The summed E-state index contributed by atoms with van der Waals surface area (Å²) in [6.07, 6.45) is 7.39. The second kappa shape index (κ2) is 11.3. The first-order chi connectivity index (χ1) is 20.4. The molecule has 0 bridgehead atoms. The van der Waals surface area contributed by atoms with Crippen LogP contribution in [0.25, 0.3) is 0 Å². The molecule has 2 aliphatic heterocycles. The molecule has 6 aliphatic rings. The first kappa shape index (κ1) is 31.3. The lowest BCUT2D eigenvalue weighted by Gasteiger charge is -2.66. The highest BCUT2D eigenvalue weighted by Gasteiger charge is 2.71. The number of nitrogens with zero attached hydrogens (tertiary/aromatic N) is 1. The minimum absolute atomic E-state index is 0.0182. The summed E-state index contributed by atoms with van der Waals surface area (Å²) < 4.78 is 23.1. The van der Waals surface area contributed by atoms with Crippen molar-refractivity contribution >= 4 is 29.5 Å². The predicted octanol–water partition coefficient (Wildman–Crippen LogP) is 2.05. The Labute approximate surface area is 258 Å². The van der Waals surface area contributed by atoms with Crippen LogP contribution in [0.15, 0.2) is 16.8 Å². The molecular weight excluding hydrogens is 574 g/mol. The smallest absolute Gasteiger partial charge is 0.331 e. The van der Waals surface area contributed by atoms with E-state index in [1.165, 1.54) is 0 Å². The molecular formula is C31H47N3O8S. The fourth-order valence-electron chi connectivity index (χ4n) is 10.2. The largest absolute Gasteiger partial charge is 0.458 e. The maximum atomic E-state index is 12.6. The van der Waals surface area contributed by atoms with Gasteiger partial charge in [0.2, 0.25) is 0 Å². The Kier molecular flexibility index (Phi) is 8.22. The van der Waals surface area contributed by atoms with Gasteiger partial charge in [-0.05, 0) is 93.8 Å². The number of carbonyl (C=O) groups excluding carboxylic acids is 1. The van der Waals surface area contributed by atoms with Crippen LogP contribution in [0.1, 0.15) is 78.1 Å². The van der Waals surface area contributed by atoms with E-state index in [0.717, 1.165) is 24.8 Å². The molecule has 2 heterocycles. The third-order valence-corrected chi connectivity index (χ3v) is 12.5. The van der Waals surface area contributed by atoms with Crippen molar-refractivity contribution in [2.75, 3.05) is 13.7 Å². The van der Waals surface area contributed by atoms with Crippen LogP contribution in [-0.4, -0.2) is 88.2 Å². The fraction of sp³-hybridized carbons (Fsp3) is 0.839. The van der Waals surface area contributed by atoms with Crippen LogP contribution in [0.4, 0.5) is 0 Å². The van der Waals surface area contributed by atoms with E-state index < -0.39 is 40.5 Å². The average molecular weight is 622 g/mol. The lowest BCUT2D eigenvalue weighted by molar-refractivity contribution is -0.284. The SMILES string of the molecule is COC1CC(OC2CC[C@]3(C=NNC(N)=S)[C@H]4CC[C@]5(C)[C@H](C6=CC(=O)OC6)CCC5(O)C4CCC3(O)C2)OC(C)C1O. The standard InChI is InChI=1S/C31H47N3O8S/c1-17-26(36)23(39-3)13-25(41-17)42-19-4-9-29(16-33-34-27(32)43)21-5-8-28(2)20(18-12-24(35)40-15-18)7-11-31(28,38)22(21)6-10-30(29,37)14-19/h12,16-17,19-23,25-26,36-38H,4-11,13-15H2,1-3H3,(H3,32,34,43)/t17?,19?,20-,21-,22?,23?,25?,26?,28+,29-,30?,31?/m0/s1. The molecule has 4 saturated carbocycles. The zero-order valence-electron chi connectivity index (χ0n) is 25.4. The first-order valence-electron chi connectivity index (χ1n) is 15.8. The second-order valence-corrected chi connectivity index (χ2v) is 14.6. The number of ether oxygens (including phenoxy) is 4. The molecule has 240 valence electrons. The fourth-order valence-corrected chi connectivity index (χ4v) is 10.3. The lowest BCUT2D eigenvalue weighted by Crippen LogP contribution is -2.69. The van der Waals surface area contributed by atoms with Gasteiger partial charge in [0.1, 0.15) is 12.7 Å². The normalized spacial score (nSPS) is 49.5. The second-order valence-electron chi connectivity index (χ2n) is 14.1. The highest BCUT2D eigenvalue weighted by Crippen LogP contribution is 2.70. The number of carbonyl (C=O) groups is 1. The molecule has 11 nitrogen and oxygen atoms in total. The lowest BCUT2D eigenvalue weighted by atomic mass is 9.41. The Bertz CT molecular complexity index is 1190. The number of hydrogen-bond donors (Lipinski definition) is 5. The molecule has 0 spiro atoms. The molecule has 43 heavy (non-hydrogen) atoms. The number of methoxy groups -OCH3 is 1. The van der Waals surface area contributed by atoms with Crippen LogP contribution < -0.4 is 11.2 Å². The summed E-state index contributed by atoms with van der Waals surface area (Å²) in [5.74, 6) is -0.277. The molecule has 0 radical (unpaired) electrons. The van der Waals surface area contributed by atoms with Gasteiger partial charge in [0.05, 0.1) is 29.5 Å². The van der Waals surface area contributed by atoms with Crippen LogP contribution in [-0.2, 0) is 23.7 Å². The van der Waals surface area contributed by atoms with E-state index >= 15 is 0 Å². The van der Waals surface area contributed by atoms with Crippen LogP contribution in [0.3, 0.4) is 0 Å². The van der Waals surface area contributed by atoms with Gasteiger partial charge in [0.15, 0.2) is 11.4 Å². The molecule has 6 N–H and O–H groups in total. The monoisotopic (exact) mass is 621 g/mol. The van der Waals surface area contributed by atoms with Crippen molar-refractivity contribution in [1.82, 2.24) is 5.43 Å². The Morgan fingerprint density at radius 2 is 1.95 bits per heavy atom. The Hall–Kier alpha value is -1.67. The van der Waals surface area contributed by atoms with E-state index in [0.29, 0.717) is 51.6 Å². The van der Waals surface area contributed by atoms with Crippen molar-refractivity contribution in [2.24, 2.45) is 39.4 Å². The van der Waals surface area contributed by atoms with Crippen molar-refractivity contribution in [3.63, 3.8) is 0 Å². The summed E-state index contributed by atoms with van der Waals surface area (Å²) in [7, 11) is 1.58. The summed E-state index contributed by atoms with van der Waals surface area (Å²) in [5.41, 5.74) is 6.21. The molecule has 5 fully saturated rings. The van der Waals surface area contributed by atoms with Crippen molar-refractivity contribution in [1.29, 1.82) is 0 Å². The van der Waals surface area contributed by atoms with E-state index in [1.54, 1.807) is 13.2 Å². The summed E-state index contributed by atoms with van der Waals surface area (Å²) in [4.78, 5) is 11.9.